The summed E-state index contributed by atoms with van der Waals surface area (Å²) in [4.78, 5) is 25.2. The average molecular weight is 377 g/mol. The van der Waals surface area contributed by atoms with Gasteiger partial charge in [-0.05, 0) is 72.6 Å². The van der Waals surface area contributed by atoms with E-state index in [2.05, 4.69) is 5.32 Å². The first kappa shape index (κ1) is 17.7. The molecule has 4 aliphatic rings. The van der Waals surface area contributed by atoms with Gasteiger partial charge in [0.25, 0.3) is 0 Å². The van der Waals surface area contributed by atoms with Crippen LogP contribution in [0.25, 0.3) is 10.8 Å². The highest BCUT2D eigenvalue weighted by Crippen LogP contribution is 2.60. The van der Waals surface area contributed by atoms with E-state index in [0.29, 0.717) is 24.2 Å². The smallest absolute Gasteiger partial charge is 0.326 e. The van der Waals surface area contributed by atoms with Crippen LogP contribution in [0.3, 0.4) is 0 Å². The Hall–Kier alpha value is -2.36. The summed E-state index contributed by atoms with van der Waals surface area (Å²) in [6.07, 6.45) is 6.98. The number of benzene rings is 2. The van der Waals surface area contributed by atoms with Crippen LogP contribution in [-0.2, 0) is 16.0 Å². The summed E-state index contributed by atoms with van der Waals surface area (Å²) in [5, 5.41) is 14.9. The molecule has 0 unspecified atom stereocenters. The third-order valence-corrected chi connectivity index (χ3v) is 7.38. The van der Waals surface area contributed by atoms with Crippen LogP contribution in [0.15, 0.2) is 42.5 Å². The molecular weight excluding hydrogens is 350 g/mol. The van der Waals surface area contributed by atoms with E-state index >= 15 is 0 Å². The molecule has 4 saturated carbocycles. The zero-order chi connectivity index (χ0) is 19.3. The summed E-state index contributed by atoms with van der Waals surface area (Å²) in [5.41, 5.74) is 0.628. The van der Waals surface area contributed by atoms with Gasteiger partial charge in [0.05, 0.1) is 0 Å². The van der Waals surface area contributed by atoms with Gasteiger partial charge >= 0.3 is 5.97 Å². The van der Waals surface area contributed by atoms with Crippen LogP contribution in [0, 0.1) is 23.2 Å². The van der Waals surface area contributed by atoms with E-state index in [1.807, 2.05) is 42.5 Å². The van der Waals surface area contributed by atoms with E-state index in [9.17, 15) is 14.7 Å². The minimum Gasteiger partial charge on any atom is -0.480 e. The predicted octanol–water partition coefficient (Wildman–Crippen LogP) is 4.17. The Morgan fingerprint density at radius 1 is 0.964 bits per heavy atom. The quantitative estimate of drug-likeness (QED) is 0.822. The van der Waals surface area contributed by atoms with Crippen molar-refractivity contribution in [2.75, 3.05) is 0 Å². The van der Waals surface area contributed by atoms with Crippen LogP contribution >= 0.6 is 0 Å². The van der Waals surface area contributed by atoms with E-state index < -0.39 is 12.0 Å². The predicted molar refractivity (Wildman–Crippen MR) is 108 cm³/mol. The average Bonchev–Trinajstić information content (AvgIpc) is 2.66. The second-order valence-corrected chi connectivity index (χ2v) is 9.45. The Kier molecular flexibility index (Phi) is 4.18. The number of fused-ring (bicyclic) bond motifs is 1. The van der Waals surface area contributed by atoms with Crippen LogP contribution in [0.5, 0.6) is 0 Å². The number of amides is 1. The molecule has 0 aromatic heterocycles. The Morgan fingerprint density at radius 2 is 1.57 bits per heavy atom. The lowest BCUT2D eigenvalue weighted by atomic mass is 9.49. The largest absolute Gasteiger partial charge is 0.480 e. The van der Waals surface area contributed by atoms with Crippen LogP contribution in [0.4, 0.5) is 0 Å². The van der Waals surface area contributed by atoms with E-state index in [0.717, 1.165) is 35.6 Å². The van der Waals surface area contributed by atoms with E-state index in [1.165, 1.54) is 19.3 Å². The molecule has 0 saturated heterocycles. The van der Waals surface area contributed by atoms with E-state index in [4.69, 9.17) is 0 Å². The van der Waals surface area contributed by atoms with Gasteiger partial charge in [0.2, 0.25) is 5.91 Å². The van der Waals surface area contributed by atoms with Gasteiger partial charge in [-0.25, -0.2) is 4.79 Å². The molecule has 4 aliphatic carbocycles. The van der Waals surface area contributed by atoms with Gasteiger partial charge in [-0.2, -0.15) is 0 Å². The fourth-order valence-electron chi connectivity index (χ4n) is 6.50. The highest BCUT2D eigenvalue weighted by atomic mass is 16.4. The highest BCUT2D eigenvalue weighted by molar-refractivity contribution is 5.88. The second-order valence-electron chi connectivity index (χ2n) is 9.45. The maximum absolute atomic E-state index is 13.2. The zero-order valence-electron chi connectivity index (χ0n) is 16.1. The van der Waals surface area contributed by atoms with Crippen molar-refractivity contribution in [1.82, 2.24) is 5.32 Å². The topological polar surface area (TPSA) is 66.4 Å². The van der Waals surface area contributed by atoms with Crippen LogP contribution in [0.1, 0.15) is 44.1 Å². The standard InChI is InChI=1S/C24H27NO3/c26-22(27)21(11-15-5-6-19-3-1-2-4-20(19)10-15)25-23(28)24-12-16-7-17(13-24)9-18(8-16)14-24/h1-6,10,16-18,21H,7-9,11-14H2,(H,25,28)(H,26,27)/t16?,17?,18?,21-,24?/m0/s1. The lowest BCUT2D eigenvalue weighted by Crippen LogP contribution is -2.56. The first-order valence-corrected chi connectivity index (χ1v) is 10.5. The molecule has 1 atom stereocenters. The van der Waals surface area contributed by atoms with Gasteiger partial charge in [0.1, 0.15) is 6.04 Å². The highest BCUT2D eigenvalue weighted by Gasteiger charge is 2.54. The molecule has 4 heteroatoms. The summed E-state index contributed by atoms with van der Waals surface area (Å²) in [7, 11) is 0. The summed E-state index contributed by atoms with van der Waals surface area (Å²) in [5.74, 6) is 1.04. The van der Waals surface area contributed by atoms with Gasteiger partial charge in [0, 0.05) is 11.8 Å². The summed E-state index contributed by atoms with van der Waals surface area (Å²) in [6.45, 7) is 0. The minimum absolute atomic E-state index is 0.0141. The number of carboxylic acids is 1. The third-order valence-electron chi connectivity index (χ3n) is 7.38. The number of carbonyl (C=O) groups is 2. The number of rotatable bonds is 5. The number of carbonyl (C=O) groups excluding carboxylic acids is 1. The molecule has 2 aromatic rings. The Labute approximate surface area is 165 Å². The van der Waals surface area contributed by atoms with Crippen molar-refractivity contribution >= 4 is 22.6 Å². The molecule has 4 fully saturated rings. The number of hydrogen-bond acceptors (Lipinski definition) is 2. The molecule has 4 bridgehead atoms. The zero-order valence-corrected chi connectivity index (χ0v) is 16.1. The Bertz CT molecular complexity index is 899. The molecule has 2 N–H and O–H groups in total. The van der Waals surface area contributed by atoms with Crippen LogP contribution in [0.2, 0.25) is 0 Å². The van der Waals surface area contributed by atoms with Crippen molar-refractivity contribution in [3.8, 4) is 0 Å². The van der Waals surface area contributed by atoms with Crippen molar-refractivity contribution in [2.45, 2.75) is 51.0 Å². The van der Waals surface area contributed by atoms with E-state index in [-0.39, 0.29) is 11.3 Å². The Balaban J connectivity index is 1.34. The van der Waals surface area contributed by atoms with Crippen molar-refractivity contribution in [3.63, 3.8) is 0 Å². The summed E-state index contributed by atoms with van der Waals surface area (Å²) in [6, 6.07) is 13.2. The van der Waals surface area contributed by atoms with Crippen LogP contribution in [-0.4, -0.2) is 23.0 Å². The molecule has 1 amide bonds. The molecule has 0 aliphatic heterocycles. The SMILES string of the molecule is O=C(O)[C@H](Cc1ccc2ccccc2c1)NC(=O)C12CC3CC(CC(C3)C1)C2. The summed E-state index contributed by atoms with van der Waals surface area (Å²) < 4.78 is 0. The Morgan fingerprint density at radius 3 is 2.18 bits per heavy atom. The first-order valence-electron chi connectivity index (χ1n) is 10.5. The number of aliphatic carboxylic acids is 1. The third kappa shape index (κ3) is 3.09. The molecule has 0 radical (unpaired) electrons. The van der Waals surface area contributed by atoms with Gasteiger partial charge < -0.3 is 10.4 Å². The summed E-state index contributed by atoms with van der Waals surface area (Å²) >= 11 is 0. The molecule has 146 valence electrons. The maximum atomic E-state index is 13.2. The van der Waals surface area contributed by atoms with Crippen molar-refractivity contribution in [1.29, 1.82) is 0 Å². The molecule has 0 spiro atoms. The van der Waals surface area contributed by atoms with Gasteiger partial charge in [-0.15, -0.1) is 0 Å². The molecule has 4 nitrogen and oxygen atoms in total. The van der Waals surface area contributed by atoms with Gasteiger partial charge in [0.15, 0.2) is 0 Å². The van der Waals surface area contributed by atoms with Crippen molar-refractivity contribution < 1.29 is 14.7 Å². The fraction of sp³-hybridized carbons (Fsp3) is 0.500. The number of hydrogen-bond donors (Lipinski definition) is 2. The van der Waals surface area contributed by atoms with E-state index in [1.54, 1.807) is 0 Å². The molecular formula is C24H27NO3. The number of nitrogens with one attached hydrogen (secondary N) is 1. The van der Waals surface area contributed by atoms with Crippen LogP contribution < -0.4 is 5.32 Å². The monoisotopic (exact) mass is 377 g/mol. The molecule has 28 heavy (non-hydrogen) atoms. The number of carboxylic acid groups (broad SMARTS) is 1. The molecule has 0 heterocycles. The first-order chi connectivity index (χ1) is 13.5. The van der Waals surface area contributed by atoms with Crippen molar-refractivity contribution in [2.24, 2.45) is 23.2 Å². The van der Waals surface area contributed by atoms with Gasteiger partial charge in [-0.3, -0.25) is 4.79 Å². The second kappa shape index (κ2) is 6.61. The minimum atomic E-state index is -0.953. The normalized spacial score (nSPS) is 31.6. The fourth-order valence-corrected chi connectivity index (χ4v) is 6.50. The van der Waals surface area contributed by atoms with Crippen molar-refractivity contribution in [3.05, 3.63) is 48.0 Å². The maximum Gasteiger partial charge on any atom is 0.326 e. The molecule has 2 aromatic carbocycles. The lowest BCUT2D eigenvalue weighted by molar-refractivity contribution is -0.151. The lowest BCUT2D eigenvalue weighted by Gasteiger charge is -2.55. The molecule has 6 rings (SSSR count). The van der Waals surface area contributed by atoms with Gasteiger partial charge in [-0.1, -0.05) is 42.5 Å².